The van der Waals surface area contributed by atoms with E-state index in [2.05, 4.69) is 4.99 Å². The molecular formula is C23H27F3N4O6. The summed E-state index contributed by atoms with van der Waals surface area (Å²) in [7, 11) is 4.87. The predicted molar refractivity (Wildman–Crippen MR) is 119 cm³/mol. The zero-order valence-electron chi connectivity index (χ0n) is 20.2. The Labute approximate surface area is 205 Å². The second-order valence-corrected chi connectivity index (χ2v) is 8.67. The largest absolute Gasteiger partial charge is 0.490 e. The van der Waals surface area contributed by atoms with Gasteiger partial charge in [0.2, 0.25) is 11.8 Å². The molecule has 1 aromatic carbocycles. The van der Waals surface area contributed by atoms with E-state index in [1.165, 1.54) is 12.0 Å². The van der Waals surface area contributed by atoms with E-state index in [0.717, 1.165) is 5.56 Å². The van der Waals surface area contributed by atoms with E-state index in [1.807, 2.05) is 54.1 Å². The molecule has 0 unspecified atom stereocenters. The SMILES string of the molecule is CC[C@]1(C(=O)OC)[C@H]2C(=O)N(Cc3ccccc3)C(=O)[C@H]2[C@H]2CN(C)C(=NC)N21.O=C(O)C(F)(F)F. The maximum absolute atomic E-state index is 13.5. The van der Waals surface area contributed by atoms with Crippen LogP contribution in [0, 0.1) is 11.8 Å². The second-order valence-electron chi connectivity index (χ2n) is 8.67. The summed E-state index contributed by atoms with van der Waals surface area (Å²) in [4.78, 5) is 58.5. The number of esters is 1. The molecule has 13 heteroatoms. The molecule has 4 rings (SSSR count). The smallest absolute Gasteiger partial charge is 0.475 e. The van der Waals surface area contributed by atoms with E-state index in [-0.39, 0.29) is 24.4 Å². The second kappa shape index (κ2) is 9.78. The molecule has 0 saturated carbocycles. The molecule has 0 aromatic heterocycles. The van der Waals surface area contributed by atoms with Gasteiger partial charge in [-0.2, -0.15) is 13.2 Å². The number of likely N-dealkylation sites (tertiary alicyclic amines) is 1. The van der Waals surface area contributed by atoms with Gasteiger partial charge in [-0.1, -0.05) is 37.3 Å². The van der Waals surface area contributed by atoms with Crippen LogP contribution < -0.4 is 0 Å². The van der Waals surface area contributed by atoms with Crippen molar-refractivity contribution in [2.45, 2.75) is 37.6 Å². The Balaban J connectivity index is 0.000000454. The fraction of sp³-hybridized carbons (Fsp3) is 0.522. The predicted octanol–water partition coefficient (Wildman–Crippen LogP) is 1.36. The molecule has 3 saturated heterocycles. The number of hydrogen-bond donors (Lipinski definition) is 1. The molecule has 1 N–H and O–H groups in total. The minimum Gasteiger partial charge on any atom is -0.475 e. The Kier molecular flexibility index (Phi) is 7.32. The van der Waals surface area contributed by atoms with Crippen LogP contribution in [0.15, 0.2) is 35.3 Å². The lowest BCUT2D eigenvalue weighted by Gasteiger charge is -2.39. The summed E-state index contributed by atoms with van der Waals surface area (Å²) in [6.45, 7) is 2.61. The number of benzene rings is 1. The van der Waals surface area contributed by atoms with E-state index in [1.54, 1.807) is 7.05 Å². The van der Waals surface area contributed by atoms with Crippen molar-refractivity contribution < 1.29 is 42.2 Å². The molecule has 4 atom stereocenters. The number of aliphatic imine (C=N–C) groups is 1. The van der Waals surface area contributed by atoms with E-state index >= 15 is 0 Å². The number of guanidine groups is 1. The Morgan fingerprint density at radius 1 is 1.19 bits per heavy atom. The van der Waals surface area contributed by atoms with Crippen LogP contribution >= 0.6 is 0 Å². The molecule has 0 spiro atoms. The Bertz CT molecular complexity index is 1080. The molecule has 10 nitrogen and oxygen atoms in total. The number of hydrogen-bond acceptors (Lipinski definition) is 6. The van der Waals surface area contributed by atoms with E-state index in [4.69, 9.17) is 14.6 Å². The molecule has 0 bridgehead atoms. The van der Waals surface area contributed by atoms with Crippen LogP contribution in [-0.4, -0.2) is 95.0 Å². The van der Waals surface area contributed by atoms with Crippen LogP contribution in [0.4, 0.5) is 13.2 Å². The molecule has 196 valence electrons. The van der Waals surface area contributed by atoms with Crippen molar-refractivity contribution in [3.05, 3.63) is 35.9 Å². The summed E-state index contributed by atoms with van der Waals surface area (Å²) in [5.41, 5.74) is -0.354. The molecule has 2 amide bonds. The van der Waals surface area contributed by atoms with Crippen molar-refractivity contribution in [2.75, 3.05) is 27.7 Å². The van der Waals surface area contributed by atoms with E-state index in [0.29, 0.717) is 18.9 Å². The van der Waals surface area contributed by atoms with Crippen molar-refractivity contribution in [3.63, 3.8) is 0 Å². The number of ether oxygens (including phenoxy) is 1. The fourth-order valence-electron chi connectivity index (χ4n) is 5.45. The van der Waals surface area contributed by atoms with Gasteiger partial charge in [-0.3, -0.25) is 19.5 Å². The number of halogens is 3. The molecule has 0 radical (unpaired) electrons. The van der Waals surface area contributed by atoms with Crippen molar-refractivity contribution in [1.29, 1.82) is 0 Å². The number of carbonyl (C=O) groups is 4. The van der Waals surface area contributed by atoms with Gasteiger partial charge in [-0.15, -0.1) is 0 Å². The van der Waals surface area contributed by atoms with Gasteiger partial charge in [0.1, 0.15) is 0 Å². The van der Waals surface area contributed by atoms with Crippen molar-refractivity contribution >= 4 is 29.7 Å². The lowest BCUT2D eigenvalue weighted by atomic mass is 9.78. The van der Waals surface area contributed by atoms with E-state index in [9.17, 15) is 27.6 Å². The maximum Gasteiger partial charge on any atom is 0.490 e. The third-order valence-electron chi connectivity index (χ3n) is 6.85. The maximum atomic E-state index is 13.5. The molecule has 1 aromatic rings. The number of carbonyl (C=O) groups excluding carboxylic acids is 3. The number of carboxylic acid groups (broad SMARTS) is 1. The summed E-state index contributed by atoms with van der Waals surface area (Å²) in [5.74, 6) is -4.51. The fourth-order valence-corrected chi connectivity index (χ4v) is 5.45. The highest BCUT2D eigenvalue weighted by Crippen LogP contribution is 2.53. The van der Waals surface area contributed by atoms with Gasteiger partial charge in [0.15, 0.2) is 11.5 Å². The molecule has 0 aliphatic carbocycles. The zero-order chi connectivity index (χ0) is 27.0. The van der Waals surface area contributed by atoms with E-state index < -0.39 is 35.5 Å². The van der Waals surface area contributed by atoms with Crippen LogP contribution in [0.1, 0.15) is 18.9 Å². The summed E-state index contributed by atoms with van der Waals surface area (Å²) < 4.78 is 36.9. The monoisotopic (exact) mass is 512 g/mol. The molecular weight excluding hydrogens is 485 g/mol. The van der Waals surface area contributed by atoms with Gasteiger partial charge < -0.3 is 19.6 Å². The number of amides is 2. The van der Waals surface area contributed by atoms with Gasteiger partial charge in [0.25, 0.3) is 0 Å². The van der Waals surface area contributed by atoms with Gasteiger partial charge >= 0.3 is 18.1 Å². The molecule has 3 heterocycles. The quantitative estimate of drug-likeness (QED) is 0.475. The van der Waals surface area contributed by atoms with Gasteiger partial charge in [0.05, 0.1) is 31.5 Å². The number of likely N-dealkylation sites (N-methyl/N-ethyl adjacent to an activating group) is 1. The van der Waals surface area contributed by atoms with Crippen LogP contribution in [0.3, 0.4) is 0 Å². The van der Waals surface area contributed by atoms with Crippen LogP contribution in [0.2, 0.25) is 0 Å². The average molecular weight is 512 g/mol. The van der Waals surface area contributed by atoms with Crippen molar-refractivity contribution in [1.82, 2.24) is 14.7 Å². The standard InChI is InChI=1S/C21H26N4O4.C2HF3O2/c1-5-21(19(28)29-4)16-15(14-12-23(3)20(22-2)25(14)21)17(26)24(18(16)27)11-13-9-7-6-8-10-13;3-2(4,5)1(6)7/h6-10,14-16H,5,11-12H2,1-4H3;(H,6,7)/t14-,15+,16-,21-;/m1./s1. The number of fused-ring (bicyclic) bond motifs is 3. The minimum absolute atomic E-state index is 0.212. The first-order valence-electron chi connectivity index (χ1n) is 11.1. The summed E-state index contributed by atoms with van der Waals surface area (Å²) in [5, 5.41) is 7.12. The number of methoxy groups -OCH3 is 1. The molecule has 3 aliphatic heterocycles. The summed E-state index contributed by atoms with van der Waals surface area (Å²) in [6.07, 6.45) is -4.73. The highest BCUT2D eigenvalue weighted by atomic mass is 19.4. The third-order valence-corrected chi connectivity index (χ3v) is 6.85. The molecule has 36 heavy (non-hydrogen) atoms. The van der Waals surface area contributed by atoms with Gasteiger partial charge in [-0.05, 0) is 12.0 Å². The molecule has 3 aliphatic rings. The zero-order valence-corrected chi connectivity index (χ0v) is 20.2. The van der Waals surface area contributed by atoms with Gasteiger partial charge in [0, 0.05) is 20.6 Å². The summed E-state index contributed by atoms with van der Waals surface area (Å²) >= 11 is 0. The summed E-state index contributed by atoms with van der Waals surface area (Å²) in [6, 6.07) is 9.13. The Morgan fingerprint density at radius 3 is 2.25 bits per heavy atom. The number of aliphatic carboxylic acids is 1. The van der Waals surface area contributed by atoms with Crippen LogP contribution in [0.25, 0.3) is 0 Å². The van der Waals surface area contributed by atoms with Crippen molar-refractivity contribution in [2.24, 2.45) is 16.8 Å². The minimum atomic E-state index is -5.08. The number of carboxylic acids is 1. The number of nitrogens with zero attached hydrogens (tertiary/aromatic N) is 4. The Morgan fingerprint density at radius 2 is 1.78 bits per heavy atom. The lowest BCUT2D eigenvalue weighted by Crippen LogP contribution is -2.59. The Hall–Kier alpha value is -3.64. The third kappa shape index (κ3) is 4.16. The average Bonchev–Trinajstić information content (AvgIpc) is 3.40. The topological polar surface area (TPSA) is 120 Å². The first-order chi connectivity index (χ1) is 16.9. The number of imide groups is 1. The van der Waals surface area contributed by atoms with Crippen molar-refractivity contribution in [3.8, 4) is 0 Å². The van der Waals surface area contributed by atoms with Crippen LogP contribution in [0.5, 0.6) is 0 Å². The highest BCUT2D eigenvalue weighted by Gasteiger charge is 2.74. The molecule has 3 fully saturated rings. The first-order valence-corrected chi connectivity index (χ1v) is 11.1. The lowest BCUT2D eigenvalue weighted by molar-refractivity contribution is -0.192. The number of alkyl halides is 3. The van der Waals surface area contributed by atoms with Crippen LogP contribution in [-0.2, 0) is 30.5 Å². The highest BCUT2D eigenvalue weighted by molar-refractivity contribution is 6.11. The number of rotatable bonds is 4. The normalized spacial score (nSPS) is 28.1. The van der Waals surface area contributed by atoms with Gasteiger partial charge in [-0.25, -0.2) is 9.59 Å². The first kappa shape index (κ1) is 27.0.